The van der Waals surface area contributed by atoms with Gasteiger partial charge < -0.3 is 5.11 Å². The van der Waals surface area contributed by atoms with Crippen molar-refractivity contribution in [2.75, 3.05) is 0 Å². The molecule has 0 radical (unpaired) electrons. The average Bonchev–Trinajstić information content (AvgIpc) is 1.95. The molecular formula is C5H10O7S. The zero-order valence-corrected chi connectivity index (χ0v) is 7.65. The molecule has 8 heteroatoms. The molecule has 0 amide bonds. The molecule has 1 atom stereocenters. The lowest BCUT2D eigenvalue weighted by Gasteiger charge is -2.08. The second-order valence-electron chi connectivity index (χ2n) is 2.21. The normalized spacial score (nSPS) is 14.0. The van der Waals surface area contributed by atoms with E-state index in [2.05, 4.69) is 9.22 Å². The molecule has 0 aliphatic carbocycles. The Kier molecular flexibility index (Phi) is 4.85. The average molecular weight is 214 g/mol. The van der Waals surface area contributed by atoms with Gasteiger partial charge in [-0.2, -0.15) is 8.42 Å². The minimum Gasteiger partial charge on any atom is -0.479 e. The van der Waals surface area contributed by atoms with E-state index in [1.807, 2.05) is 0 Å². The van der Waals surface area contributed by atoms with Gasteiger partial charge in [0.15, 0.2) is 6.10 Å². The zero-order chi connectivity index (χ0) is 10.5. The van der Waals surface area contributed by atoms with E-state index < -0.39 is 22.5 Å². The standard InChI is InChI=1S/C5H10O7S/c1-2-3-4(5(6)7)11-12-13(8,9)10/h4H,2-3H2,1H3,(H,6,7)(H,8,9,10). The molecule has 0 spiro atoms. The maximum absolute atomic E-state index is 10.3. The SMILES string of the molecule is CCCC(OOS(=O)(=O)O)C(=O)O. The topological polar surface area (TPSA) is 110 Å². The summed E-state index contributed by atoms with van der Waals surface area (Å²) < 4.78 is 31.5. The molecule has 0 heterocycles. The van der Waals surface area contributed by atoms with Gasteiger partial charge >= 0.3 is 16.4 Å². The Morgan fingerprint density at radius 3 is 2.38 bits per heavy atom. The van der Waals surface area contributed by atoms with Crippen LogP contribution in [-0.4, -0.2) is 30.2 Å². The van der Waals surface area contributed by atoms with E-state index in [1.54, 1.807) is 6.92 Å². The summed E-state index contributed by atoms with van der Waals surface area (Å²) in [6, 6.07) is 0. The molecule has 0 saturated heterocycles. The highest BCUT2D eigenvalue weighted by Crippen LogP contribution is 2.04. The number of hydrogen-bond donors (Lipinski definition) is 2. The van der Waals surface area contributed by atoms with Crippen molar-refractivity contribution in [3.63, 3.8) is 0 Å². The van der Waals surface area contributed by atoms with Crippen molar-refractivity contribution in [1.29, 1.82) is 0 Å². The highest BCUT2D eigenvalue weighted by atomic mass is 32.3. The second kappa shape index (κ2) is 5.12. The van der Waals surface area contributed by atoms with Gasteiger partial charge in [0.1, 0.15) is 0 Å². The van der Waals surface area contributed by atoms with Gasteiger partial charge in [-0.1, -0.05) is 17.7 Å². The summed E-state index contributed by atoms with van der Waals surface area (Å²) in [6.07, 6.45) is -0.830. The third-order valence-corrected chi connectivity index (χ3v) is 1.32. The molecular weight excluding hydrogens is 204 g/mol. The molecule has 7 nitrogen and oxygen atoms in total. The third kappa shape index (κ3) is 6.46. The van der Waals surface area contributed by atoms with Crippen LogP contribution >= 0.6 is 0 Å². The first-order valence-electron chi connectivity index (χ1n) is 3.42. The molecule has 0 aliphatic heterocycles. The first kappa shape index (κ1) is 12.3. The van der Waals surface area contributed by atoms with Crippen molar-refractivity contribution < 1.29 is 32.1 Å². The van der Waals surface area contributed by atoms with Crippen molar-refractivity contribution >= 4 is 16.4 Å². The van der Waals surface area contributed by atoms with Gasteiger partial charge in [-0.05, 0) is 6.42 Å². The molecule has 13 heavy (non-hydrogen) atoms. The molecule has 0 aliphatic rings. The molecule has 78 valence electrons. The monoisotopic (exact) mass is 214 g/mol. The second-order valence-corrected chi connectivity index (χ2v) is 3.20. The van der Waals surface area contributed by atoms with Crippen LogP contribution in [-0.2, 0) is 24.4 Å². The molecule has 2 N–H and O–H groups in total. The number of carboxylic acids is 1. The molecule has 0 aromatic heterocycles. The lowest BCUT2D eigenvalue weighted by atomic mass is 10.2. The van der Waals surface area contributed by atoms with E-state index in [4.69, 9.17) is 9.66 Å². The maximum Gasteiger partial charge on any atom is 0.424 e. The van der Waals surface area contributed by atoms with Gasteiger partial charge in [0.05, 0.1) is 0 Å². The number of rotatable bonds is 6. The number of aliphatic carboxylic acids is 1. The van der Waals surface area contributed by atoms with Gasteiger partial charge in [0.2, 0.25) is 0 Å². The summed E-state index contributed by atoms with van der Waals surface area (Å²) in [5, 5.41) is 8.42. The smallest absolute Gasteiger partial charge is 0.424 e. The summed E-state index contributed by atoms with van der Waals surface area (Å²) in [7, 11) is -4.76. The van der Waals surface area contributed by atoms with Crippen LogP contribution in [0.25, 0.3) is 0 Å². The van der Waals surface area contributed by atoms with Crippen LogP contribution in [0.2, 0.25) is 0 Å². The Balaban J connectivity index is 4.05. The largest absolute Gasteiger partial charge is 0.479 e. The van der Waals surface area contributed by atoms with Gasteiger partial charge in [-0.25, -0.2) is 9.68 Å². The fourth-order valence-electron chi connectivity index (χ4n) is 0.572. The molecule has 0 aromatic carbocycles. The van der Waals surface area contributed by atoms with E-state index >= 15 is 0 Å². The minimum atomic E-state index is -4.76. The van der Waals surface area contributed by atoms with Crippen LogP contribution in [0.4, 0.5) is 0 Å². The predicted molar refractivity (Wildman–Crippen MR) is 40.1 cm³/mol. The molecule has 0 bridgehead atoms. The highest BCUT2D eigenvalue weighted by molar-refractivity contribution is 7.80. The Labute approximate surface area is 75.1 Å². The Bertz CT molecular complexity index is 256. The zero-order valence-electron chi connectivity index (χ0n) is 6.84. The summed E-state index contributed by atoms with van der Waals surface area (Å²) in [5.41, 5.74) is 0. The van der Waals surface area contributed by atoms with E-state index in [1.165, 1.54) is 0 Å². The number of hydrogen-bond acceptors (Lipinski definition) is 5. The van der Waals surface area contributed by atoms with E-state index in [-0.39, 0.29) is 6.42 Å². The Morgan fingerprint density at radius 2 is 2.08 bits per heavy atom. The van der Waals surface area contributed by atoms with Crippen LogP contribution < -0.4 is 0 Å². The molecule has 0 aromatic rings. The van der Waals surface area contributed by atoms with Crippen LogP contribution in [0.3, 0.4) is 0 Å². The molecule has 0 rings (SSSR count). The third-order valence-electron chi connectivity index (χ3n) is 1.07. The first-order valence-corrected chi connectivity index (χ1v) is 4.78. The lowest BCUT2D eigenvalue weighted by Crippen LogP contribution is -2.25. The van der Waals surface area contributed by atoms with E-state index in [0.717, 1.165) is 0 Å². The summed E-state index contributed by atoms with van der Waals surface area (Å²) in [5.74, 6) is -1.36. The Hall–Kier alpha value is -0.700. The van der Waals surface area contributed by atoms with Crippen molar-refractivity contribution in [3.05, 3.63) is 0 Å². The molecule has 0 fully saturated rings. The van der Waals surface area contributed by atoms with Crippen LogP contribution in [0.1, 0.15) is 19.8 Å². The fourth-order valence-corrected chi connectivity index (χ4v) is 0.766. The predicted octanol–water partition coefficient (Wildman–Crippen LogP) is -0.00930. The van der Waals surface area contributed by atoms with Gasteiger partial charge in [-0.3, -0.25) is 4.55 Å². The molecule has 1 unspecified atom stereocenters. The highest BCUT2D eigenvalue weighted by Gasteiger charge is 2.21. The minimum absolute atomic E-state index is 0.0881. The number of carbonyl (C=O) groups is 1. The van der Waals surface area contributed by atoms with Crippen molar-refractivity contribution in [2.45, 2.75) is 25.9 Å². The summed E-state index contributed by atoms with van der Waals surface area (Å²) in [6.45, 7) is 1.69. The van der Waals surface area contributed by atoms with E-state index in [9.17, 15) is 13.2 Å². The Morgan fingerprint density at radius 1 is 1.54 bits per heavy atom. The van der Waals surface area contributed by atoms with Crippen molar-refractivity contribution in [2.24, 2.45) is 0 Å². The quantitative estimate of drug-likeness (QED) is 0.363. The van der Waals surface area contributed by atoms with Crippen molar-refractivity contribution in [3.8, 4) is 0 Å². The summed E-state index contributed by atoms with van der Waals surface area (Å²) in [4.78, 5) is 14.3. The summed E-state index contributed by atoms with van der Waals surface area (Å²) >= 11 is 0. The van der Waals surface area contributed by atoms with E-state index in [0.29, 0.717) is 6.42 Å². The van der Waals surface area contributed by atoms with Crippen LogP contribution in [0.15, 0.2) is 0 Å². The molecule has 0 saturated carbocycles. The lowest BCUT2D eigenvalue weighted by molar-refractivity contribution is -0.248. The first-order chi connectivity index (χ1) is 5.87. The van der Waals surface area contributed by atoms with Crippen molar-refractivity contribution in [1.82, 2.24) is 0 Å². The maximum atomic E-state index is 10.3. The fraction of sp³-hybridized carbons (Fsp3) is 0.800. The van der Waals surface area contributed by atoms with Gasteiger partial charge in [-0.15, -0.1) is 0 Å². The van der Waals surface area contributed by atoms with Crippen LogP contribution in [0.5, 0.6) is 0 Å². The van der Waals surface area contributed by atoms with Crippen LogP contribution in [0, 0.1) is 0 Å². The number of carboxylic acid groups (broad SMARTS) is 1. The van der Waals surface area contributed by atoms with Gasteiger partial charge in [0.25, 0.3) is 0 Å². The van der Waals surface area contributed by atoms with Gasteiger partial charge in [0, 0.05) is 0 Å².